The van der Waals surface area contributed by atoms with Crippen molar-refractivity contribution in [3.8, 4) is 0 Å². The fraction of sp³-hybridized carbons (Fsp3) is 1.00. The van der Waals surface area contributed by atoms with Gasteiger partial charge < -0.3 is 0 Å². The first-order chi connectivity index (χ1) is 7.00. The van der Waals surface area contributed by atoms with Gasteiger partial charge in [-0.15, -0.1) is 0 Å². The molecule has 1 N–H and O–H groups in total. The molecular weight excluding hydrogens is 338 g/mol. The summed E-state index contributed by atoms with van der Waals surface area (Å²) in [5.41, 5.74) is 0. The summed E-state index contributed by atoms with van der Waals surface area (Å²) in [4.78, 5) is 0. The van der Waals surface area contributed by atoms with Crippen molar-refractivity contribution in [2.24, 2.45) is 0 Å². The monoisotopic (exact) mass is 340 g/mol. The Morgan fingerprint density at radius 3 is 1.17 bits per heavy atom. The van der Waals surface area contributed by atoms with E-state index in [0.29, 0.717) is 0 Å². The number of hydrogen-bond acceptors (Lipinski definition) is 2. The maximum absolute atomic E-state index is 12.2. The Hall–Kier alpha value is 0.916. The van der Waals surface area contributed by atoms with E-state index in [1.165, 1.54) is 0 Å². The van der Waals surface area contributed by atoms with Crippen LogP contribution in [0.2, 0.25) is 0 Å². The molecule has 0 aromatic heterocycles. The molecule has 0 amide bonds. The molecule has 0 radical (unpaired) electrons. The summed E-state index contributed by atoms with van der Waals surface area (Å²) in [6, 6.07) is 0. The van der Waals surface area contributed by atoms with E-state index in [9.17, 15) is 47.9 Å². The van der Waals surface area contributed by atoms with Crippen molar-refractivity contribution in [3.05, 3.63) is 0 Å². The van der Waals surface area contributed by atoms with Gasteiger partial charge in [0, 0.05) is 0 Å². The zero-order valence-electron chi connectivity index (χ0n) is 7.07. The predicted octanol–water partition coefficient (Wildman–Crippen LogP) is 1.65. The molecule has 0 fully saturated rings. The third-order valence-electron chi connectivity index (χ3n) is 1.44. The van der Waals surface area contributed by atoms with Crippen LogP contribution < -0.4 is 0 Å². The molecule has 0 saturated heterocycles. The Bertz CT molecular complexity index is 399. The average molecular weight is 340 g/mol. The Morgan fingerprint density at radius 1 is 0.722 bits per heavy atom. The van der Waals surface area contributed by atoms with E-state index in [1.807, 2.05) is 0 Å². The van der Waals surface area contributed by atoms with Gasteiger partial charge in [0.25, 0.3) is 0 Å². The molecule has 0 aliphatic heterocycles. The van der Waals surface area contributed by atoms with Crippen molar-refractivity contribution in [1.29, 1.82) is 0 Å². The summed E-state index contributed by atoms with van der Waals surface area (Å²) in [6.45, 7) is 0. The van der Waals surface area contributed by atoms with Crippen LogP contribution >= 0.6 is 0 Å². The van der Waals surface area contributed by atoms with Gasteiger partial charge in [-0.05, 0) is 0 Å². The molecule has 106 valence electrons. The molecule has 0 heterocycles. The minimum absolute atomic E-state index is 0. The van der Waals surface area contributed by atoms with Crippen LogP contribution in [-0.4, -0.2) is 87.6 Å². The van der Waals surface area contributed by atoms with E-state index in [0.717, 1.165) is 0 Å². The van der Waals surface area contributed by atoms with Crippen LogP contribution in [0.1, 0.15) is 0 Å². The average Bonchev–Trinajstić information content (AvgIpc) is 1.98. The Morgan fingerprint density at radius 2 is 1.00 bits per heavy atom. The summed E-state index contributed by atoms with van der Waals surface area (Å²) in [7, 11) is -7.17. The van der Waals surface area contributed by atoms with E-state index >= 15 is 0 Å². The Labute approximate surface area is 136 Å². The van der Waals surface area contributed by atoms with E-state index in [2.05, 4.69) is 0 Å². The molecular formula is C4H2F9KO3S. The van der Waals surface area contributed by atoms with Crippen molar-refractivity contribution < 1.29 is 52.5 Å². The zero-order valence-corrected chi connectivity index (χ0v) is 7.89. The van der Waals surface area contributed by atoms with Crippen molar-refractivity contribution in [2.75, 3.05) is 0 Å². The molecule has 0 aliphatic rings. The number of hydrogen-bond donors (Lipinski definition) is 1. The summed E-state index contributed by atoms with van der Waals surface area (Å²) >= 11 is 0. The number of halogens is 9. The van der Waals surface area contributed by atoms with Gasteiger partial charge in [-0.25, -0.2) is 0 Å². The summed E-state index contributed by atoms with van der Waals surface area (Å²) < 4.78 is 134. The Balaban J connectivity index is 0. The van der Waals surface area contributed by atoms with Crippen LogP contribution in [0.3, 0.4) is 0 Å². The van der Waals surface area contributed by atoms with Gasteiger partial charge in [0.15, 0.2) is 0 Å². The van der Waals surface area contributed by atoms with Crippen molar-refractivity contribution in [3.63, 3.8) is 0 Å². The number of alkyl halides is 9. The predicted molar refractivity (Wildman–Crippen MR) is 39.6 cm³/mol. The third kappa shape index (κ3) is 3.14. The quantitative estimate of drug-likeness (QED) is 0.483. The van der Waals surface area contributed by atoms with Gasteiger partial charge in [0.05, 0.1) is 0 Å². The molecule has 0 aliphatic carbocycles. The number of rotatable bonds is 3. The molecule has 0 rings (SSSR count). The summed E-state index contributed by atoms with van der Waals surface area (Å²) in [5.74, 6) is -14.7. The van der Waals surface area contributed by atoms with Gasteiger partial charge in [-0.1, -0.05) is 0 Å². The molecule has 0 aromatic carbocycles. The van der Waals surface area contributed by atoms with Gasteiger partial charge >= 0.3 is 84.8 Å². The molecule has 0 saturated carbocycles. The third-order valence-corrected chi connectivity index (χ3v) is 2.34. The first-order valence-electron chi connectivity index (χ1n) is 3.17. The molecule has 0 aromatic rings. The molecule has 14 heteroatoms. The van der Waals surface area contributed by atoms with Gasteiger partial charge in [-0.2, -0.15) is 47.9 Å². The molecule has 3 nitrogen and oxygen atoms in total. The second kappa shape index (κ2) is 5.36. The maximum atomic E-state index is 12.2. The van der Waals surface area contributed by atoms with E-state index in [1.54, 1.807) is 0 Å². The van der Waals surface area contributed by atoms with Crippen LogP contribution in [-0.2, 0) is 10.1 Å². The van der Waals surface area contributed by atoms with Gasteiger partial charge in [0.1, 0.15) is 0 Å². The van der Waals surface area contributed by atoms with Crippen LogP contribution in [0.25, 0.3) is 0 Å². The molecule has 0 unspecified atom stereocenters. The first kappa shape index (κ1) is 21.2. The minimum atomic E-state index is -7.37. The molecule has 0 bridgehead atoms. The molecule has 0 atom stereocenters. The first-order valence-corrected chi connectivity index (χ1v) is 4.61. The van der Waals surface area contributed by atoms with Crippen LogP contribution in [0, 0.1) is 0 Å². The van der Waals surface area contributed by atoms with Crippen LogP contribution in [0.15, 0.2) is 0 Å². The van der Waals surface area contributed by atoms with Gasteiger partial charge in [-0.3, -0.25) is 4.55 Å². The fourth-order valence-electron chi connectivity index (χ4n) is 0.523. The van der Waals surface area contributed by atoms with Crippen molar-refractivity contribution in [1.82, 2.24) is 0 Å². The fourth-order valence-corrected chi connectivity index (χ4v) is 0.975. The van der Waals surface area contributed by atoms with Crippen molar-refractivity contribution in [2.45, 2.75) is 23.3 Å². The SMILES string of the molecule is O=S(=O)(O)C(F)(F)C(F)(F)C(F)(F)C(F)(F)F.[KH]. The standard InChI is InChI=1S/C4HF9O3S.K.H/c5-1(6,3(9,10)11)2(7,8)4(12,13)17(14,15)16;;/h(H,14,15,16);;. The second-order valence-corrected chi connectivity index (χ2v) is 4.10. The zero-order chi connectivity index (χ0) is 14.5. The van der Waals surface area contributed by atoms with Crippen LogP contribution in [0.4, 0.5) is 39.5 Å². The topological polar surface area (TPSA) is 54.4 Å². The van der Waals surface area contributed by atoms with Crippen LogP contribution in [0.5, 0.6) is 0 Å². The summed E-state index contributed by atoms with van der Waals surface area (Å²) in [5, 5.41) is -7.00. The second-order valence-electron chi connectivity index (χ2n) is 2.64. The Kier molecular flexibility index (Phi) is 6.32. The normalized spacial score (nSPS) is 15.2. The van der Waals surface area contributed by atoms with E-state index in [4.69, 9.17) is 4.55 Å². The summed E-state index contributed by atoms with van der Waals surface area (Å²) in [6.07, 6.45) is -7.13. The van der Waals surface area contributed by atoms with Crippen molar-refractivity contribution >= 4 is 61.5 Å². The molecule has 18 heavy (non-hydrogen) atoms. The van der Waals surface area contributed by atoms with Gasteiger partial charge in [0.2, 0.25) is 0 Å². The van der Waals surface area contributed by atoms with E-state index in [-0.39, 0.29) is 51.4 Å². The van der Waals surface area contributed by atoms with E-state index < -0.39 is 33.4 Å². The molecule has 0 spiro atoms.